The van der Waals surface area contributed by atoms with Gasteiger partial charge in [-0.05, 0) is 38.0 Å². The van der Waals surface area contributed by atoms with Crippen molar-refractivity contribution < 1.29 is 36.4 Å². The molecule has 26 heavy (non-hydrogen) atoms. The van der Waals surface area contributed by atoms with Crippen LogP contribution >= 0.6 is 0 Å². The van der Waals surface area contributed by atoms with E-state index in [0.29, 0.717) is 0 Å². The molecule has 1 aliphatic rings. The standard InChI is InChI=1S/C16H17F4NO4S/c1-9-4-10(17)11(5-13(9)26(24)7-16(18,19)20)21-8-25-15(2,3)14(21)12(23)6-22/h4-6,14H,7-8H2,1-3H3. The van der Waals surface area contributed by atoms with E-state index in [4.69, 9.17) is 4.74 Å². The Morgan fingerprint density at radius 1 is 1.46 bits per heavy atom. The van der Waals surface area contributed by atoms with E-state index in [1.54, 1.807) is 0 Å². The molecule has 0 amide bonds. The van der Waals surface area contributed by atoms with E-state index in [-0.39, 0.29) is 29.2 Å². The summed E-state index contributed by atoms with van der Waals surface area (Å²) in [5, 5.41) is 0. The molecular formula is C16H17F4NO4S. The maximum atomic E-state index is 14.5. The van der Waals surface area contributed by atoms with Gasteiger partial charge in [0.25, 0.3) is 0 Å². The Kier molecular flexibility index (Phi) is 5.69. The van der Waals surface area contributed by atoms with Crippen LogP contribution in [0.4, 0.5) is 23.2 Å². The summed E-state index contributed by atoms with van der Waals surface area (Å²) in [5.74, 6) is -3.25. The van der Waals surface area contributed by atoms with Gasteiger partial charge in [-0.15, -0.1) is 0 Å². The number of ether oxygens (including phenoxy) is 1. The molecule has 0 spiro atoms. The number of hydrogen-bond acceptors (Lipinski definition) is 5. The van der Waals surface area contributed by atoms with Gasteiger partial charge in [0.15, 0.2) is 11.2 Å². The Balaban J connectivity index is 2.48. The van der Waals surface area contributed by atoms with Crippen molar-refractivity contribution in [3.8, 4) is 0 Å². The molecule has 1 aliphatic heterocycles. The molecule has 1 fully saturated rings. The van der Waals surface area contributed by atoms with Gasteiger partial charge < -0.3 is 14.2 Å². The zero-order valence-corrected chi connectivity index (χ0v) is 15.0. The third kappa shape index (κ3) is 4.18. The number of rotatable bonds is 5. The summed E-state index contributed by atoms with van der Waals surface area (Å²) >= 11 is -2.44. The summed E-state index contributed by atoms with van der Waals surface area (Å²) in [5.41, 5.74) is -1.26. The van der Waals surface area contributed by atoms with E-state index in [0.717, 1.165) is 17.0 Å². The lowest BCUT2D eigenvalue weighted by Gasteiger charge is -2.29. The lowest BCUT2D eigenvalue weighted by molar-refractivity contribution is -0.132. The molecule has 0 aliphatic carbocycles. The Labute approximate surface area is 150 Å². The first-order valence-corrected chi connectivity index (χ1v) is 8.84. The van der Waals surface area contributed by atoms with Crippen molar-refractivity contribution in [1.29, 1.82) is 0 Å². The van der Waals surface area contributed by atoms with E-state index in [1.165, 1.54) is 20.8 Å². The molecule has 5 nitrogen and oxygen atoms in total. The number of halogens is 4. The molecule has 0 bridgehead atoms. The maximum absolute atomic E-state index is 14.5. The number of carbonyl (C=O) groups excluding carboxylic acids is 2. The normalized spacial score (nSPS) is 20.9. The van der Waals surface area contributed by atoms with Gasteiger partial charge >= 0.3 is 6.18 Å². The van der Waals surface area contributed by atoms with E-state index in [2.05, 4.69) is 0 Å². The average molecular weight is 395 g/mol. The Bertz CT molecular complexity index is 723. The van der Waals surface area contributed by atoms with Gasteiger partial charge in [0.1, 0.15) is 18.6 Å². The van der Waals surface area contributed by atoms with Gasteiger partial charge in [0.2, 0.25) is 11.5 Å². The molecule has 2 unspecified atom stereocenters. The molecule has 0 radical (unpaired) electrons. The number of nitrogens with zero attached hydrogens (tertiary/aromatic N) is 1. The molecule has 10 heteroatoms. The van der Waals surface area contributed by atoms with Crippen LogP contribution in [0.25, 0.3) is 0 Å². The topological polar surface area (TPSA) is 69.7 Å². The second kappa shape index (κ2) is 7.16. The zero-order chi connectivity index (χ0) is 19.9. The monoisotopic (exact) mass is 395 g/mol. The van der Waals surface area contributed by atoms with Crippen LogP contribution in [0.2, 0.25) is 0 Å². The highest BCUT2D eigenvalue weighted by molar-refractivity contribution is 7.91. The van der Waals surface area contributed by atoms with Crippen LogP contribution in [-0.4, -0.2) is 46.9 Å². The summed E-state index contributed by atoms with van der Waals surface area (Å²) < 4.78 is 69.6. The molecule has 1 aromatic rings. The fourth-order valence-electron chi connectivity index (χ4n) is 2.87. The van der Waals surface area contributed by atoms with Crippen molar-refractivity contribution in [2.75, 3.05) is 17.4 Å². The smallest absolute Gasteiger partial charge is 0.433 e. The molecule has 2 atom stereocenters. The van der Waals surface area contributed by atoms with Crippen LogP contribution in [0.3, 0.4) is 0 Å². The van der Waals surface area contributed by atoms with Gasteiger partial charge in [0.05, 0.1) is 11.3 Å². The highest BCUT2D eigenvalue weighted by Gasteiger charge is 2.47. The van der Waals surface area contributed by atoms with Crippen LogP contribution in [0.15, 0.2) is 17.0 Å². The minimum absolute atomic E-state index is 0.0862. The third-order valence-electron chi connectivity index (χ3n) is 4.03. The number of hydrogen-bond donors (Lipinski definition) is 0. The van der Waals surface area contributed by atoms with Crippen molar-refractivity contribution in [2.45, 2.75) is 43.5 Å². The quantitative estimate of drug-likeness (QED) is 0.332. The van der Waals surface area contributed by atoms with E-state index < -0.39 is 46.3 Å². The predicted molar refractivity (Wildman–Crippen MR) is 85.8 cm³/mol. The van der Waals surface area contributed by atoms with Crippen molar-refractivity contribution in [3.63, 3.8) is 0 Å². The first-order chi connectivity index (χ1) is 11.9. The fraction of sp³-hybridized carbons (Fsp3) is 0.500. The van der Waals surface area contributed by atoms with Gasteiger partial charge in [0, 0.05) is 11.6 Å². The zero-order valence-electron chi connectivity index (χ0n) is 14.2. The number of carbonyl (C=O) groups is 2. The van der Waals surface area contributed by atoms with Crippen molar-refractivity contribution in [1.82, 2.24) is 0 Å². The number of Topliss-reactive ketones (excluding diaryl/α,β-unsaturated/α-hetero) is 1. The highest BCUT2D eigenvalue weighted by atomic mass is 32.2. The van der Waals surface area contributed by atoms with Crippen LogP contribution < -0.4 is 4.90 Å². The van der Waals surface area contributed by atoms with Crippen molar-refractivity contribution in [3.05, 3.63) is 23.5 Å². The summed E-state index contributed by atoms with van der Waals surface area (Å²) in [4.78, 5) is 23.9. The minimum Gasteiger partial charge on any atom is -0.611 e. The van der Waals surface area contributed by atoms with Crippen LogP contribution in [0, 0.1) is 12.7 Å². The molecular weight excluding hydrogens is 378 g/mol. The number of aryl methyl sites for hydroxylation is 1. The van der Waals surface area contributed by atoms with E-state index in [1.807, 2.05) is 0 Å². The largest absolute Gasteiger partial charge is 0.611 e. The van der Waals surface area contributed by atoms with Gasteiger partial charge in [-0.25, -0.2) is 4.39 Å². The summed E-state index contributed by atoms with van der Waals surface area (Å²) in [6.45, 7) is 4.17. The highest BCUT2D eigenvalue weighted by Crippen LogP contribution is 2.36. The first-order valence-electron chi connectivity index (χ1n) is 7.52. The number of aldehydes is 1. The number of alkyl halides is 3. The fourth-order valence-corrected chi connectivity index (χ4v) is 3.98. The second-order valence-electron chi connectivity index (χ2n) is 6.44. The van der Waals surface area contributed by atoms with E-state index >= 15 is 0 Å². The molecule has 144 valence electrons. The Hall–Kier alpha value is -1.65. The lowest BCUT2D eigenvalue weighted by Crippen LogP contribution is -2.48. The van der Waals surface area contributed by atoms with Gasteiger partial charge in [-0.1, -0.05) is 0 Å². The lowest BCUT2D eigenvalue weighted by atomic mass is 9.94. The van der Waals surface area contributed by atoms with E-state index in [9.17, 15) is 31.7 Å². The van der Waals surface area contributed by atoms with Crippen LogP contribution in [0.5, 0.6) is 0 Å². The third-order valence-corrected chi connectivity index (χ3v) is 5.55. The minimum atomic E-state index is -4.65. The second-order valence-corrected chi connectivity index (χ2v) is 7.86. The number of ketones is 1. The van der Waals surface area contributed by atoms with Crippen LogP contribution in [0.1, 0.15) is 19.4 Å². The molecule has 0 aromatic heterocycles. The molecule has 1 saturated heterocycles. The van der Waals surface area contributed by atoms with Gasteiger partial charge in [-0.2, -0.15) is 13.2 Å². The Morgan fingerprint density at radius 2 is 2.08 bits per heavy atom. The average Bonchev–Trinajstić information content (AvgIpc) is 2.80. The molecule has 0 N–H and O–H groups in total. The SMILES string of the molecule is Cc1cc(F)c(N2COC(C)(C)C2C(=O)C=O)cc1[S+]([O-])CC(F)(F)F. The Morgan fingerprint density at radius 3 is 2.62 bits per heavy atom. The van der Waals surface area contributed by atoms with Crippen molar-refractivity contribution in [2.24, 2.45) is 0 Å². The molecule has 1 heterocycles. The molecule has 2 rings (SSSR count). The van der Waals surface area contributed by atoms with Gasteiger partial charge in [-0.3, -0.25) is 9.59 Å². The maximum Gasteiger partial charge on any atom is 0.433 e. The van der Waals surface area contributed by atoms with Crippen molar-refractivity contribution >= 4 is 28.9 Å². The molecule has 1 aromatic carbocycles. The molecule has 0 saturated carbocycles. The summed E-state index contributed by atoms with van der Waals surface area (Å²) in [6.07, 6.45) is -4.57. The first kappa shape index (κ1) is 20.7. The number of anilines is 1. The summed E-state index contributed by atoms with van der Waals surface area (Å²) in [7, 11) is 0. The summed E-state index contributed by atoms with van der Waals surface area (Å²) in [6, 6.07) is 0.816. The van der Waals surface area contributed by atoms with Crippen LogP contribution in [-0.2, 0) is 25.5 Å². The predicted octanol–water partition coefficient (Wildman–Crippen LogP) is 2.51. The number of benzene rings is 1.